The van der Waals surface area contributed by atoms with Gasteiger partial charge in [-0.05, 0) is 47.8 Å². The van der Waals surface area contributed by atoms with Crippen molar-refractivity contribution in [3.8, 4) is 0 Å². The average Bonchev–Trinajstić information content (AvgIpc) is 2.59. The Morgan fingerprint density at radius 3 is 2.56 bits per heavy atom. The van der Waals surface area contributed by atoms with E-state index in [0.29, 0.717) is 28.4 Å². The molecule has 16 heavy (non-hydrogen) atoms. The van der Waals surface area contributed by atoms with Gasteiger partial charge in [-0.25, -0.2) is 0 Å². The topological polar surface area (TPSA) is 17.1 Å². The standard InChI is InChI=1S/C15H24O/c1-9-5-6-13-14(3,4)11-7-15(9,13)8-12(16)10(11)2/h9-11,13H,5-8H2,1-4H3/t9-,10-,11+,13+,15-/m1/s1. The Kier molecular flexibility index (Phi) is 1.97. The third kappa shape index (κ3) is 1.01. The first kappa shape index (κ1) is 10.8. The van der Waals surface area contributed by atoms with E-state index < -0.39 is 0 Å². The summed E-state index contributed by atoms with van der Waals surface area (Å²) in [5.74, 6) is 3.12. The summed E-state index contributed by atoms with van der Waals surface area (Å²) in [5.41, 5.74) is 0.800. The Labute approximate surface area is 99.0 Å². The van der Waals surface area contributed by atoms with Crippen molar-refractivity contribution in [3.05, 3.63) is 0 Å². The minimum absolute atomic E-state index is 0.318. The van der Waals surface area contributed by atoms with Crippen molar-refractivity contribution in [2.24, 2.45) is 34.5 Å². The maximum Gasteiger partial charge on any atom is 0.136 e. The van der Waals surface area contributed by atoms with Crippen LogP contribution in [-0.2, 0) is 4.79 Å². The second kappa shape index (κ2) is 2.91. The molecule has 5 atom stereocenters. The number of ketones is 1. The molecule has 0 aliphatic heterocycles. The fraction of sp³-hybridized carbons (Fsp3) is 0.933. The summed E-state index contributed by atoms with van der Waals surface area (Å²) < 4.78 is 0. The Hall–Kier alpha value is -0.330. The van der Waals surface area contributed by atoms with Crippen LogP contribution in [0.15, 0.2) is 0 Å². The molecular weight excluding hydrogens is 196 g/mol. The van der Waals surface area contributed by atoms with Crippen LogP contribution in [0, 0.1) is 34.5 Å². The molecule has 0 aromatic carbocycles. The Morgan fingerprint density at radius 1 is 1.19 bits per heavy atom. The molecule has 3 saturated carbocycles. The highest BCUT2D eigenvalue weighted by Crippen LogP contribution is 2.71. The highest BCUT2D eigenvalue weighted by atomic mass is 16.1. The first-order valence-electron chi connectivity index (χ1n) is 6.92. The number of hydrogen-bond acceptors (Lipinski definition) is 1. The Balaban J connectivity index is 2.10. The number of carbonyl (C=O) groups excluding carboxylic acids is 1. The van der Waals surface area contributed by atoms with Crippen LogP contribution in [-0.4, -0.2) is 5.78 Å². The summed E-state index contributed by atoms with van der Waals surface area (Å²) in [6.07, 6.45) is 4.94. The van der Waals surface area contributed by atoms with Crippen LogP contribution < -0.4 is 0 Å². The van der Waals surface area contributed by atoms with Gasteiger partial charge in [-0.15, -0.1) is 0 Å². The van der Waals surface area contributed by atoms with Crippen molar-refractivity contribution in [3.63, 3.8) is 0 Å². The minimum atomic E-state index is 0.318. The van der Waals surface area contributed by atoms with E-state index in [4.69, 9.17) is 0 Å². The van der Waals surface area contributed by atoms with Crippen molar-refractivity contribution in [1.82, 2.24) is 0 Å². The summed E-state index contributed by atoms with van der Waals surface area (Å²) >= 11 is 0. The minimum Gasteiger partial charge on any atom is -0.299 e. The zero-order chi connectivity index (χ0) is 11.7. The van der Waals surface area contributed by atoms with Gasteiger partial charge in [0, 0.05) is 12.3 Å². The van der Waals surface area contributed by atoms with Gasteiger partial charge in [-0.1, -0.05) is 27.7 Å². The molecule has 0 unspecified atom stereocenters. The van der Waals surface area contributed by atoms with Crippen LogP contribution in [0.2, 0.25) is 0 Å². The van der Waals surface area contributed by atoms with Crippen LogP contribution in [0.4, 0.5) is 0 Å². The summed E-state index contributed by atoms with van der Waals surface area (Å²) in [4.78, 5) is 12.2. The van der Waals surface area contributed by atoms with Crippen LogP contribution in [0.1, 0.15) is 53.4 Å². The van der Waals surface area contributed by atoms with Gasteiger partial charge in [0.25, 0.3) is 0 Å². The monoisotopic (exact) mass is 220 g/mol. The van der Waals surface area contributed by atoms with Gasteiger partial charge in [0.05, 0.1) is 0 Å². The first-order chi connectivity index (χ1) is 7.39. The van der Waals surface area contributed by atoms with Gasteiger partial charge >= 0.3 is 0 Å². The number of fused-ring (bicyclic) bond motifs is 1. The molecule has 0 aromatic heterocycles. The molecule has 0 saturated heterocycles. The van der Waals surface area contributed by atoms with Crippen LogP contribution in [0.25, 0.3) is 0 Å². The number of rotatable bonds is 0. The second-order valence-electron chi connectivity index (χ2n) is 7.33. The normalized spacial score (nSPS) is 54.1. The second-order valence-corrected chi connectivity index (χ2v) is 7.33. The molecule has 90 valence electrons. The van der Waals surface area contributed by atoms with Crippen molar-refractivity contribution in [1.29, 1.82) is 0 Å². The maximum atomic E-state index is 12.2. The molecule has 1 nitrogen and oxygen atoms in total. The molecule has 3 aliphatic carbocycles. The zero-order valence-electron chi connectivity index (χ0n) is 11.0. The summed E-state index contributed by atoms with van der Waals surface area (Å²) in [6, 6.07) is 0. The smallest absolute Gasteiger partial charge is 0.136 e. The lowest BCUT2D eigenvalue weighted by molar-refractivity contribution is -0.130. The molecule has 0 aromatic rings. The third-order valence-corrected chi connectivity index (χ3v) is 6.63. The lowest BCUT2D eigenvalue weighted by atomic mass is 9.65. The van der Waals surface area contributed by atoms with Crippen LogP contribution in [0.3, 0.4) is 0 Å². The molecule has 1 heteroatoms. The highest BCUT2D eigenvalue weighted by Gasteiger charge is 2.66. The molecule has 0 amide bonds. The lowest BCUT2D eigenvalue weighted by Gasteiger charge is -2.38. The van der Waals surface area contributed by atoms with Crippen LogP contribution >= 0.6 is 0 Å². The summed E-state index contributed by atoms with van der Waals surface area (Å²) in [7, 11) is 0. The molecule has 1 spiro atoms. The van der Waals surface area contributed by atoms with Gasteiger partial charge in [-0.3, -0.25) is 4.79 Å². The zero-order valence-corrected chi connectivity index (χ0v) is 11.0. The van der Waals surface area contributed by atoms with Crippen molar-refractivity contribution < 1.29 is 4.79 Å². The predicted molar refractivity (Wildman–Crippen MR) is 65.0 cm³/mol. The van der Waals surface area contributed by atoms with Crippen molar-refractivity contribution in [2.75, 3.05) is 0 Å². The highest BCUT2D eigenvalue weighted by molar-refractivity contribution is 5.83. The van der Waals surface area contributed by atoms with Crippen molar-refractivity contribution in [2.45, 2.75) is 53.4 Å². The average molecular weight is 220 g/mol. The van der Waals surface area contributed by atoms with Gasteiger partial charge in [0.15, 0.2) is 0 Å². The van der Waals surface area contributed by atoms with Crippen LogP contribution in [0.5, 0.6) is 0 Å². The number of hydrogen-bond donors (Lipinski definition) is 0. The summed E-state index contributed by atoms with van der Waals surface area (Å²) in [5, 5.41) is 0. The molecule has 0 radical (unpaired) electrons. The van der Waals surface area contributed by atoms with E-state index in [-0.39, 0.29) is 0 Å². The molecule has 3 fully saturated rings. The maximum absolute atomic E-state index is 12.2. The lowest BCUT2D eigenvalue weighted by Crippen LogP contribution is -2.36. The van der Waals surface area contributed by atoms with E-state index in [0.717, 1.165) is 18.3 Å². The quantitative estimate of drug-likeness (QED) is 0.608. The van der Waals surface area contributed by atoms with E-state index in [1.807, 2.05) is 0 Å². The van der Waals surface area contributed by atoms with Gasteiger partial charge in [0.2, 0.25) is 0 Å². The predicted octanol–water partition coefficient (Wildman–Crippen LogP) is 3.67. The number of Topliss-reactive ketones (excluding diaryl/α,β-unsaturated/α-hetero) is 1. The SMILES string of the molecule is C[C@@H]1CC[C@H]2C(C)(C)[C@H]3C[C@@]12CC(=O)[C@@H]3C. The Bertz CT molecular complexity index is 343. The fourth-order valence-corrected chi connectivity index (χ4v) is 5.62. The molecular formula is C15H24O. The van der Waals surface area contributed by atoms with Gasteiger partial charge in [-0.2, -0.15) is 0 Å². The molecule has 3 aliphatic rings. The molecule has 2 bridgehead atoms. The third-order valence-electron chi connectivity index (χ3n) is 6.63. The summed E-state index contributed by atoms with van der Waals surface area (Å²) in [6.45, 7) is 9.42. The molecule has 0 heterocycles. The van der Waals surface area contributed by atoms with E-state index in [1.165, 1.54) is 19.3 Å². The van der Waals surface area contributed by atoms with Gasteiger partial charge < -0.3 is 0 Å². The van der Waals surface area contributed by atoms with Gasteiger partial charge in [0.1, 0.15) is 5.78 Å². The van der Waals surface area contributed by atoms with E-state index in [9.17, 15) is 4.79 Å². The van der Waals surface area contributed by atoms with Crippen molar-refractivity contribution >= 4 is 5.78 Å². The van der Waals surface area contributed by atoms with E-state index >= 15 is 0 Å². The number of carbonyl (C=O) groups is 1. The largest absolute Gasteiger partial charge is 0.299 e. The first-order valence-corrected chi connectivity index (χ1v) is 6.92. The van der Waals surface area contributed by atoms with E-state index in [1.54, 1.807) is 0 Å². The Morgan fingerprint density at radius 2 is 1.88 bits per heavy atom. The molecule has 3 rings (SSSR count). The van der Waals surface area contributed by atoms with E-state index in [2.05, 4.69) is 27.7 Å². The fourth-order valence-electron chi connectivity index (χ4n) is 5.62. The molecule has 0 N–H and O–H groups in total.